The second-order valence-corrected chi connectivity index (χ2v) is 12.4. The van der Waals surface area contributed by atoms with Crippen molar-refractivity contribution in [2.45, 2.75) is 64.3 Å². The summed E-state index contributed by atoms with van der Waals surface area (Å²) >= 11 is 0. The first kappa shape index (κ1) is 25.1. The number of carbonyl (C=O) groups excluding carboxylic acids is 2. The molecule has 0 atom stereocenters. The monoisotopic (exact) mass is 513 g/mol. The number of amidine groups is 1. The molecule has 2 amide bonds. The Bertz CT molecular complexity index is 1210. The molecule has 0 unspecified atom stereocenters. The molecule has 1 aromatic carbocycles. The van der Waals surface area contributed by atoms with Gasteiger partial charge in [0.15, 0.2) is 0 Å². The first-order chi connectivity index (χ1) is 17.2. The number of sulfonamides is 1. The molecule has 3 heterocycles. The summed E-state index contributed by atoms with van der Waals surface area (Å²) in [6, 6.07) is 5.50. The molecule has 1 spiro atoms. The molecule has 3 fully saturated rings. The van der Waals surface area contributed by atoms with Crippen molar-refractivity contribution in [1.82, 2.24) is 15.0 Å². The Balaban J connectivity index is 1.23. The quantitative estimate of drug-likeness (QED) is 0.629. The minimum atomic E-state index is -3.64. The Hall–Kier alpha value is -2.56. The molecule has 2 saturated heterocycles. The van der Waals surface area contributed by atoms with Gasteiger partial charge in [0.05, 0.1) is 5.69 Å². The highest BCUT2D eigenvalue weighted by molar-refractivity contribution is 7.92. The van der Waals surface area contributed by atoms with Crippen molar-refractivity contribution in [1.29, 1.82) is 0 Å². The zero-order valence-corrected chi connectivity index (χ0v) is 21.8. The number of aliphatic imine (C=N–C) groups is 1. The smallest absolute Gasteiger partial charge is 0.253 e. The van der Waals surface area contributed by atoms with E-state index in [0.29, 0.717) is 31.7 Å². The Morgan fingerprint density at radius 1 is 1.11 bits per heavy atom. The highest BCUT2D eigenvalue weighted by Crippen LogP contribution is 2.36. The fraction of sp³-hybridized carbons (Fsp3) is 0.577. The van der Waals surface area contributed by atoms with E-state index in [1.807, 2.05) is 19.1 Å². The van der Waals surface area contributed by atoms with E-state index in [2.05, 4.69) is 17.7 Å². The van der Waals surface area contributed by atoms with Crippen molar-refractivity contribution in [2.24, 2.45) is 16.8 Å². The second kappa shape index (κ2) is 9.72. The lowest BCUT2D eigenvalue weighted by Gasteiger charge is -2.34. The normalized spacial score (nSPS) is 27.2. The van der Waals surface area contributed by atoms with Crippen molar-refractivity contribution in [3.63, 3.8) is 0 Å². The molecule has 0 radical (unpaired) electrons. The maximum absolute atomic E-state index is 13.1. The number of amides is 2. The lowest BCUT2D eigenvalue weighted by Crippen LogP contribution is -2.50. The average molecular weight is 514 g/mol. The van der Waals surface area contributed by atoms with Crippen LogP contribution < -0.4 is 15.8 Å². The first-order valence-corrected chi connectivity index (χ1v) is 14.4. The third kappa shape index (κ3) is 4.86. The molecule has 0 bridgehead atoms. The van der Waals surface area contributed by atoms with Crippen molar-refractivity contribution in [3.05, 3.63) is 34.7 Å². The molecule has 3 aliphatic heterocycles. The van der Waals surface area contributed by atoms with Gasteiger partial charge in [0.2, 0.25) is 15.9 Å². The van der Waals surface area contributed by atoms with Gasteiger partial charge in [-0.2, -0.15) is 4.31 Å². The summed E-state index contributed by atoms with van der Waals surface area (Å²) in [6.07, 6.45) is 7.25. The number of hydrogen-bond donors (Lipinski definition) is 2. The van der Waals surface area contributed by atoms with Crippen LogP contribution in [0.4, 0.5) is 5.69 Å². The predicted octanol–water partition coefficient (Wildman–Crippen LogP) is 2.73. The number of benzene rings is 1. The Morgan fingerprint density at radius 2 is 1.83 bits per heavy atom. The molecule has 194 valence electrons. The summed E-state index contributed by atoms with van der Waals surface area (Å²) < 4.78 is 27.6. The van der Waals surface area contributed by atoms with Crippen LogP contribution in [-0.2, 0) is 19.6 Å². The summed E-state index contributed by atoms with van der Waals surface area (Å²) in [5.74, 6) is 1.78. The standard InChI is InChI=1S/C26H35N5O4S/c1-18-3-5-21(6-4-18)24-28-25(33)26(29-24)11-14-30(15-12-26)36(34,35)16-10-20-7-8-22(17-19(20)2)31-23(32)9-13-27-31/h7-8,10,16-18,21,27H,3-6,9,11-15H2,1-2H3,(H,28,29,33). The van der Waals surface area contributed by atoms with Crippen molar-refractivity contribution in [2.75, 3.05) is 24.6 Å². The number of rotatable bonds is 5. The van der Waals surface area contributed by atoms with Gasteiger partial charge < -0.3 is 5.32 Å². The predicted molar refractivity (Wildman–Crippen MR) is 139 cm³/mol. The lowest BCUT2D eigenvalue weighted by molar-refractivity contribution is -0.125. The number of carbonyl (C=O) groups is 2. The SMILES string of the molecule is Cc1cc(N2NCCC2=O)ccc1C=CS(=O)(=O)N1CCC2(CC1)N=C(C1CCC(C)CC1)NC2=O. The zero-order chi connectivity index (χ0) is 25.5. The number of anilines is 1. The molecule has 10 heteroatoms. The van der Waals surface area contributed by atoms with E-state index in [4.69, 9.17) is 4.99 Å². The molecule has 0 aromatic heterocycles. The van der Waals surface area contributed by atoms with E-state index in [1.54, 1.807) is 12.1 Å². The van der Waals surface area contributed by atoms with E-state index in [-0.39, 0.29) is 24.9 Å². The van der Waals surface area contributed by atoms with Crippen molar-refractivity contribution in [3.8, 4) is 0 Å². The third-order valence-electron chi connectivity index (χ3n) is 8.10. The molecule has 4 aliphatic rings. The number of nitrogens with one attached hydrogen (secondary N) is 2. The molecule has 1 aliphatic carbocycles. The van der Waals surface area contributed by atoms with Gasteiger partial charge in [-0.15, -0.1) is 0 Å². The average Bonchev–Trinajstić information content (AvgIpc) is 3.42. The van der Waals surface area contributed by atoms with Crippen LogP contribution in [0.3, 0.4) is 0 Å². The zero-order valence-electron chi connectivity index (χ0n) is 21.0. The molecular weight excluding hydrogens is 478 g/mol. The van der Waals surface area contributed by atoms with Gasteiger partial charge >= 0.3 is 0 Å². The third-order valence-corrected chi connectivity index (χ3v) is 9.67. The van der Waals surface area contributed by atoms with Crippen LogP contribution in [-0.4, -0.2) is 55.5 Å². The highest BCUT2D eigenvalue weighted by Gasteiger charge is 2.48. The van der Waals surface area contributed by atoms with Gasteiger partial charge in [-0.25, -0.2) is 18.9 Å². The van der Waals surface area contributed by atoms with Crippen molar-refractivity contribution >= 4 is 39.4 Å². The molecule has 9 nitrogen and oxygen atoms in total. The van der Waals surface area contributed by atoms with Crippen LogP contribution >= 0.6 is 0 Å². The lowest BCUT2D eigenvalue weighted by atomic mass is 9.82. The fourth-order valence-electron chi connectivity index (χ4n) is 5.66. The highest BCUT2D eigenvalue weighted by atomic mass is 32.2. The van der Waals surface area contributed by atoms with Gasteiger partial charge in [-0.1, -0.05) is 25.8 Å². The summed E-state index contributed by atoms with van der Waals surface area (Å²) in [5.41, 5.74) is 4.60. The van der Waals surface area contributed by atoms with E-state index in [1.165, 1.54) is 14.7 Å². The van der Waals surface area contributed by atoms with Gasteiger partial charge in [-0.05, 0) is 67.9 Å². The summed E-state index contributed by atoms with van der Waals surface area (Å²) in [6.45, 7) is 5.30. The minimum absolute atomic E-state index is 0.0175. The van der Waals surface area contributed by atoms with Crippen LogP contribution in [0.2, 0.25) is 0 Å². The van der Waals surface area contributed by atoms with Gasteiger partial charge in [0.1, 0.15) is 11.4 Å². The van der Waals surface area contributed by atoms with Crippen LogP contribution in [0, 0.1) is 18.8 Å². The number of piperidine rings is 1. The van der Waals surface area contributed by atoms with E-state index in [9.17, 15) is 18.0 Å². The van der Waals surface area contributed by atoms with Gasteiger partial charge in [-0.3, -0.25) is 14.6 Å². The second-order valence-electron chi connectivity index (χ2n) is 10.6. The number of aryl methyl sites for hydroxylation is 1. The fourth-order valence-corrected chi connectivity index (χ4v) is 6.84. The topological polar surface area (TPSA) is 111 Å². The molecular formula is C26H35N5O4S. The Morgan fingerprint density at radius 3 is 2.47 bits per heavy atom. The van der Waals surface area contributed by atoms with Gasteiger partial charge in [0.25, 0.3) is 5.91 Å². The van der Waals surface area contributed by atoms with E-state index >= 15 is 0 Å². The summed E-state index contributed by atoms with van der Waals surface area (Å²) in [5, 5.41) is 5.80. The van der Waals surface area contributed by atoms with Crippen LogP contribution in [0.5, 0.6) is 0 Å². The summed E-state index contributed by atoms with van der Waals surface area (Å²) in [7, 11) is -3.64. The van der Waals surface area contributed by atoms with Gasteiger partial charge in [0, 0.05) is 37.4 Å². The van der Waals surface area contributed by atoms with E-state index in [0.717, 1.165) is 54.3 Å². The molecule has 1 aromatic rings. The largest absolute Gasteiger partial charge is 0.312 e. The molecule has 5 rings (SSSR count). The summed E-state index contributed by atoms with van der Waals surface area (Å²) in [4.78, 5) is 29.7. The van der Waals surface area contributed by atoms with Crippen LogP contribution in [0.1, 0.15) is 63.0 Å². The van der Waals surface area contributed by atoms with Crippen LogP contribution in [0.15, 0.2) is 28.6 Å². The molecule has 1 saturated carbocycles. The maximum Gasteiger partial charge on any atom is 0.253 e. The maximum atomic E-state index is 13.1. The van der Waals surface area contributed by atoms with Crippen LogP contribution in [0.25, 0.3) is 6.08 Å². The Kier molecular flexibility index (Phi) is 6.78. The Labute approximate surface area is 213 Å². The minimum Gasteiger partial charge on any atom is -0.312 e. The number of nitrogens with zero attached hydrogens (tertiary/aromatic N) is 3. The number of hydrogen-bond acceptors (Lipinski definition) is 6. The van der Waals surface area contributed by atoms with E-state index < -0.39 is 15.6 Å². The number of hydrazine groups is 1. The molecule has 2 N–H and O–H groups in total. The first-order valence-electron chi connectivity index (χ1n) is 12.9. The molecule has 36 heavy (non-hydrogen) atoms. The van der Waals surface area contributed by atoms with Crippen molar-refractivity contribution < 1.29 is 18.0 Å².